The fourth-order valence-electron chi connectivity index (χ4n) is 2.61. The maximum absolute atomic E-state index is 12.7. The third kappa shape index (κ3) is 3.73. The second-order valence-corrected chi connectivity index (χ2v) is 6.32. The van der Waals surface area contributed by atoms with Gasteiger partial charge in [0.2, 0.25) is 0 Å². The summed E-state index contributed by atoms with van der Waals surface area (Å²) >= 11 is 6.15. The number of amides is 1. The van der Waals surface area contributed by atoms with Crippen molar-refractivity contribution in [1.29, 1.82) is 0 Å². The van der Waals surface area contributed by atoms with Gasteiger partial charge in [-0.15, -0.1) is 5.10 Å². The van der Waals surface area contributed by atoms with Crippen LogP contribution in [-0.2, 0) is 0 Å². The lowest BCUT2D eigenvalue weighted by molar-refractivity contribution is 0.102. The van der Waals surface area contributed by atoms with Gasteiger partial charge >= 0.3 is 0 Å². The van der Waals surface area contributed by atoms with Crippen LogP contribution in [0.5, 0.6) is 11.5 Å². The summed E-state index contributed by atoms with van der Waals surface area (Å²) in [5, 5.41) is 11.2. The number of aromatic nitrogens is 3. The zero-order valence-corrected chi connectivity index (χ0v) is 16.2. The SMILES string of the molecule is COc1cc(OC)c(NC(=O)c2nnn(-c3ccc(C)cc3)c2C)cc1Cl. The maximum Gasteiger partial charge on any atom is 0.278 e. The van der Waals surface area contributed by atoms with E-state index >= 15 is 0 Å². The van der Waals surface area contributed by atoms with E-state index in [0.29, 0.717) is 27.9 Å². The molecule has 140 valence electrons. The van der Waals surface area contributed by atoms with Gasteiger partial charge in [0.25, 0.3) is 5.91 Å². The van der Waals surface area contributed by atoms with Crippen molar-refractivity contribution < 1.29 is 14.3 Å². The normalized spacial score (nSPS) is 10.6. The van der Waals surface area contributed by atoms with E-state index in [1.54, 1.807) is 23.7 Å². The molecule has 3 rings (SSSR count). The molecular weight excluding hydrogens is 368 g/mol. The van der Waals surface area contributed by atoms with Crippen LogP contribution >= 0.6 is 11.6 Å². The van der Waals surface area contributed by atoms with E-state index in [-0.39, 0.29) is 5.69 Å². The minimum Gasteiger partial charge on any atom is -0.495 e. The summed E-state index contributed by atoms with van der Waals surface area (Å²) < 4.78 is 12.1. The zero-order chi connectivity index (χ0) is 19.6. The van der Waals surface area contributed by atoms with E-state index in [1.807, 2.05) is 31.2 Å². The van der Waals surface area contributed by atoms with Crippen LogP contribution in [0.15, 0.2) is 36.4 Å². The lowest BCUT2D eigenvalue weighted by Gasteiger charge is -2.12. The molecular formula is C19H19ClN4O3. The first-order valence-electron chi connectivity index (χ1n) is 8.16. The van der Waals surface area contributed by atoms with Crippen molar-refractivity contribution in [2.45, 2.75) is 13.8 Å². The first kappa shape index (κ1) is 18.7. The highest BCUT2D eigenvalue weighted by atomic mass is 35.5. The average Bonchev–Trinajstić information content (AvgIpc) is 3.04. The lowest BCUT2D eigenvalue weighted by atomic mass is 10.2. The van der Waals surface area contributed by atoms with Gasteiger partial charge < -0.3 is 14.8 Å². The molecule has 0 unspecified atom stereocenters. The number of nitrogens with one attached hydrogen (secondary N) is 1. The molecule has 8 heteroatoms. The number of hydrogen-bond donors (Lipinski definition) is 1. The lowest BCUT2D eigenvalue weighted by Crippen LogP contribution is -2.15. The predicted octanol–water partition coefficient (Wildman–Crippen LogP) is 3.81. The molecule has 1 heterocycles. The van der Waals surface area contributed by atoms with Gasteiger partial charge in [0.05, 0.1) is 36.3 Å². The fraction of sp³-hybridized carbons (Fsp3) is 0.211. The molecule has 27 heavy (non-hydrogen) atoms. The fourth-order valence-corrected chi connectivity index (χ4v) is 2.85. The summed E-state index contributed by atoms with van der Waals surface area (Å²) in [5.74, 6) is 0.464. The highest BCUT2D eigenvalue weighted by molar-refractivity contribution is 6.32. The molecule has 0 bridgehead atoms. The summed E-state index contributed by atoms with van der Waals surface area (Å²) in [5.41, 5.74) is 3.21. The molecule has 0 saturated heterocycles. The van der Waals surface area contributed by atoms with E-state index in [9.17, 15) is 4.79 Å². The number of carbonyl (C=O) groups is 1. The Bertz CT molecular complexity index is 983. The number of halogens is 1. The van der Waals surface area contributed by atoms with Crippen molar-refractivity contribution in [2.75, 3.05) is 19.5 Å². The molecule has 1 N–H and O–H groups in total. The smallest absolute Gasteiger partial charge is 0.278 e. The second kappa shape index (κ2) is 7.67. The molecule has 2 aromatic carbocycles. The number of aryl methyl sites for hydroxylation is 1. The van der Waals surface area contributed by atoms with E-state index in [2.05, 4.69) is 15.6 Å². The quantitative estimate of drug-likeness (QED) is 0.721. The Hall–Kier alpha value is -3.06. The average molecular weight is 387 g/mol. The van der Waals surface area contributed by atoms with Crippen molar-refractivity contribution in [3.63, 3.8) is 0 Å². The summed E-state index contributed by atoms with van der Waals surface area (Å²) in [6.45, 7) is 3.79. The van der Waals surface area contributed by atoms with Crippen LogP contribution in [0.2, 0.25) is 5.02 Å². The number of carbonyl (C=O) groups excluding carboxylic acids is 1. The molecule has 0 saturated carbocycles. The Morgan fingerprint density at radius 1 is 1.07 bits per heavy atom. The molecule has 0 radical (unpaired) electrons. The predicted molar refractivity (Wildman–Crippen MR) is 103 cm³/mol. The summed E-state index contributed by atoms with van der Waals surface area (Å²) in [6, 6.07) is 11.0. The van der Waals surface area contributed by atoms with Crippen molar-refractivity contribution >= 4 is 23.2 Å². The third-order valence-corrected chi connectivity index (χ3v) is 4.41. The van der Waals surface area contributed by atoms with Crippen LogP contribution in [-0.4, -0.2) is 35.1 Å². The molecule has 0 atom stereocenters. The molecule has 0 aliphatic rings. The molecule has 1 amide bonds. The number of anilines is 1. The number of hydrogen-bond acceptors (Lipinski definition) is 5. The summed E-state index contributed by atoms with van der Waals surface area (Å²) in [6.07, 6.45) is 0. The number of nitrogens with zero attached hydrogens (tertiary/aromatic N) is 3. The molecule has 0 aliphatic heterocycles. The second-order valence-electron chi connectivity index (χ2n) is 5.91. The van der Waals surface area contributed by atoms with Gasteiger partial charge in [0.1, 0.15) is 11.5 Å². The number of methoxy groups -OCH3 is 2. The van der Waals surface area contributed by atoms with Gasteiger partial charge in [-0.25, -0.2) is 4.68 Å². The van der Waals surface area contributed by atoms with E-state index < -0.39 is 5.91 Å². The van der Waals surface area contributed by atoms with Crippen LogP contribution in [0.4, 0.5) is 5.69 Å². The third-order valence-electron chi connectivity index (χ3n) is 4.11. The Morgan fingerprint density at radius 3 is 2.37 bits per heavy atom. The topological polar surface area (TPSA) is 78.3 Å². The van der Waals surface area contributed by atoms with Crippen LogP contribution in [0.1, 0.15) is 21.7 Å². The zero-order valence-electron chi connectivity index (χ0n) is 15.4. The van der Waals surface area contributed by atoms with Crippen molar-refractivity contribution in [3.8, 4) is 17.2 Å². The first-order chi connectivity index (χ1) is 12.9. The molecule has 0 fully saturated rings. The van der Waals surface area contributed by atoms with Gasteiger partial charge in [0.15, 0.2) is 5.69 Å². The summed E-state index contributed by atoms with van der Waals surface area (Å²) in [7, 11) is 3.00. The largest absolute Gasteiger partial charge is 0.495 e. The Morgan fingerprint density at radius 2 is 1.74 bits per heavy atom. The summed E-state index contributed by atoms with van der Waals surface area (Å²) in [4.78, 5) is 12.7. The molecule has 3 aromatic rings. The van der Waals surface area contributed by atoms with Crippen molar-refractivity contribution in [2.24, 2.45) is 0 Å². The van der Waals surface area contributed by atoms with Crippen LogP contribution in [0.3, 0.4) is 0 Å². The number of rotatable bonds is 5. The van der Waals surface area contributed by atoms with Gasteiger partial charge in [-0.1, -0.05) is 34.5 Å². The standard InChI is InChI=1S/C19H19ClN4O3/c1-11-5-7-13(8-6-11)24-12(2)18(22-23-24)19(25)21-15-9-14(20)16(26-3)10-17(15)27-4/h5-10H,1-4H3,(H,21,25). The maximum atomic E-state index is 12.7. The van der Waals surface area contributed by atoms with Crippen LogP contribution in [0, 0.1) is 13.8 Å². The van der Waals surface area contributed by atoms with Crippen LogP contribution < -0.4 is 14.8 Å². The Labute approximate surface area is 161 Å². The minimum atomic E-state index is -0.412. The molecule has 0 spiro atoms. The van der Waals surface area contributed by atoms with Crippen molar-refractivity contribution in [3.05, 3.63) is 58.4 Å². The first-order valence-corrected chi connectivity index (χ1v) is 8.54. The molecule has 1 aromatic heterocycles. The monoisotopic (exact) mass is 386 g/mol. The van der Waals surface area contributed by atoms with E-state index in [4.69, 9.17) is 21.1 Å². The Kier molecular flexibility index (Phi) is 5.32. The number of ether oxygens (including phenoxy) is 2. The molecule has 0 aliphatic carbocycles. The van der Waals surface area contributed by atoms with Gasteiger partial charge in [0, 0.05) is 6.07 Å². The highest BCUT2D eigenvalue weighted by Gasteiger charge is 2.20. The molecule has 7 nitrogen and oxygen atoms in total. The van der Waals surface area contributed by atoms with Gasteiger partial charge in [-0.3, -0.25) is 4.79 Å². The van der Waals surface area contributed by atoms with Gasteiger partial charge in [-0.05, 0) is 32.0 Å². The number of benzene rings is 2. The van der Waals surface area contributed by atoms with E-state index in [1.165, 1.54) is 14.2 Å². The Balaban J connectivity index is 1.89. The van der Waals surface area contributed by atoms with Gasteiger partial charge in [-0.2, -0.15) is 0 Å². The van der Waals surface area contributed by atoms with Crippen LogP contribution in [0.25, 0.3) is 5.69 Å². The highest BCUT2D eigenvalue weighted by Crippen LogP contribution is 2.36. The van der Waals surface area contributed by atoms with E-state index in [0.717, 1.165) is 11.3 Å². The van der Waals surface area contributed by atoms with Crippen molar-refractivity contribution in [1.82, 2.24) is 15.0 Å². The minimum absolute atomic E-state index is 0.213.